The Balaban J connectivity index is 2.40. The lowest BCUT2D eigenvalue weighted by atomic mass is 10.0. The van der Waals surface area contributed by atoms with Crippen molar-refractivity contribution in [1.29, 1.82) is 0 Å². The van der Waals surface area contributed by atoms with Crippen molar-refractivity contribution in [2.75, 3.05) is 0 Å². The Morgan fingerprint density at radius 1 is 1.50 bits per heavy atom. The minimum atomic E-state index is -0.961. The molecular weight excluding hydrogens is 231 g/mol. The molecule has 1 N–H and O–H groups in total. The van der Waals surface area contributed by atoms with E-state index < -0.39 is 11.9 Å². The molecule has 1 unspecified atom stereocenters. The van der Waals surface area contributed by atoms with Crippen molar-refractivity contribution in [2.45, 2.75) is 6.10 Å². The van der Waals surface area contributed by atoms with E-state index in [1.54, 1.807) is 17.9 Å². The summed E-state index contributed by atoms with van der Waals surface area (Å²) in [6.45, 7) is 0. The van der Waals surface area contributed by atoms with E-state index >= 15 is 0 Å². The Labute approximate surface area is 97.1 Å². The molecule has 2 aromatic rings. The third-order valence-corrected chi connectivity index (χ3v) is 2.64. The van der Waals surface area contributed by atoms with E-state index in [1.165, 1.54) is 24.4 Å². The number of rotatable bonds is 2. The van der Waals surface area contributed by atoms with Gasteiger partial charge in [-0.1, -0.05) is 11.6 Å². The van der Waals surface area contributed by atoms with Crippen molar-refractivity contribution in [3.63, 3.8) is 0 Å². The molecule has 0 aliphatic heterocycles. The van der Waals surface area contributed by atoms with Crippen LogP contribution < -0.4 is 0 Å². The summed E-state index contributed by atoms with van der Waals surface area (Å²) in [7, 11) is 1.74. The van der Waals surface area contributed by atoms with E-state index in [9.17, 15) is 9.50 Å². The topological polar surface area (TPSA) is 38.0 Å². The number of hydrogen-bond acceptors (Lipinski definition) is 2. The van der Waals surface area contributed by atoms with Gasteiger partial charge in [-0.15, -0.1) is 0 Å². The molecule has 0 aliphatic carbocycles. The summed E-state index contributed by atoms with van der Waals surface area (Å²) in [5.74, 6) is -0.428. The predicted octanol–water partition coefficient (Wildman–Crippen LogP) is 2.29. The van der Waals surface area contributed by atoms with E-state index in [0.29, 0.717) is 16.1 Å². The fraction of sp³-hybridized carbons (Fsp3) is 0.182. The monoisotopic (exact) mass is 240 g/mol. The van der Waals surface area contributed by atoms with Gasteiger partial charge in [-0.25, -0.2) is 4.39 Å². The first-order valence-corrected chi connectivity index (χ1v) is 5.07. The molecule has 0 radical (unpaired) electrons. The Kier molecular flexibility index (Phi) is 2.94. The first-order chi connectivity index (χ1) is 7.58. The van der Waals surface area contributed by atoms with Crippen molar-refractivity contribution >= 4 is 11.6 Å². The number of halogens is 2. The van der Waals surface area contributed by atoms with Crippen LogP contribution in [-0.4, -0.2) is 14.9 Å². The van der Waals surface area contributed by atoms with E-state index in [2.05, 4.69) is 5.10 Å². The molecule has 3 nitrogen and oxygen atoms in total. The summed E-state index contributed by atoms with van der Waals surface area (Å²) < 4.78 is 14.6. The van der Waals surface area contributed by atoms with Gasteiger partial charge >= 0.3 is 0 Å². The molecule has 0 saturated carbocycles. The molecule has 5 heteroatoms. The summed E-state index contributed by atoms with van der Waals surface area (Å²) in [4.78, 5) is 0. The summed E-state index contributed by atoms with van der Waals surface area (Å²) in [5.41, 5.74) is 0.921. The molecule has 0 fully saturated rings. The molecule has 1 atom stereocenters. The van der Waals surface area contributed by atoms with Gasteiger partial charge in [0.25, 0.3) is 0 Å². The number of aliphatic hydroxyl groups is 1. The third-order valence-electron chi connectivity index (χ3n) is 2.29. The predicted molar refractivity (Wildman–Crippen MR) is 58.7 cm³/mol. The van der Waals surface area contributed by atoms with E-state index in [0.717, 1.165) is 0 Å². The number of hydrogen-bond donors (Lipinski definition) is 1. The van der Waals surface area contributed by atoms with E-state index in [-0.39, 0.29) is 0 Å². The highest BCUT2D eigenvalue weighted by atomic mass is 35.5. The fourth-order valence-electron chi connectivity index (χ4n) is 1.49. The lowest BCUT2D eigenvalue weighted by Gasteiger charge is -2.10. The van der Waals surface area contributed by atoms with Gasteiger partial charge in [0.05, 0.1) is 6.20 Å². The molecule has 0 saturated heterocycles. The highest BCUT2D eigenvalue weighted by Crippen LogP contribution is 2.28. The number of nitrogens with zero attached hydrogens (tertiary/aromatic N) is 2. The van der Waals surface area contributed by atoms with Crippen LogP contribution in [0.1, 0.15) is 17.2 Å². The quantitative estimate of drug-likeness (QED) is 0.875. The lowest BCUT2D eigenvalue weighted by molar-refractivity contribution is 0.220. The van der Waals surface area contributed by atoms with E-state index in [1.807, 2.05) is 0 Å². The second kappa shape index (κ2) is 4.23. The molecule has 84 valence electrons. The molecule has 0 spiro atoms. The van der Waals surface area contributed by atoms with Gasteiger partial charge in [-0.3, -0.25) is 4.68 Å². The number of aromatic nitrogens is 2. The van der Waals surface area contributed by atoms with E-state index in [4.69, 9.17) is 11.6 Å². The second-order valence-corrected chi connectivity index (χ2v) is 3.92. The molecule has 1 heterocycles. The van der Waals surface area contributed by atoms with Crippen LogP contribution in [0.15, 0.2) is 30.6 Å². The van der Waals surface area contributed by atoms with Gasteiger partial charge in [0.2, 0.25) is 0 Å². The summed E-state index contributed by atoms with van der Waals surface area (Å²) >= 11 is 5.89. The molecule has 16 heavy (non-hydrogen) atoms. The van der Waals surface area contributed by atoms with Crippen molar-refractivity contribution in [3.05, 3.63) is 52.6 Å². The Morgan fingerprint density at radius 3 is 2.88 bits per heavy atom. The summed E-state index contributed by atoms with van der Waals surface area (Å²) in [5, 5.41) is 14.3. The smallest absolute Gasteiger partial charge is 0.123 e. The van der Waals surface area contributed by atoms with Gasteiger partial charge < -0.3 is 5.11 Å². The molecule has 0 bridgehead atoms. The standard InChI is InChI=1S/C11H10ClFN2O/c1-15-6-7(5-14-15)11(16)9-4-8(13)2-3-10(9)12/h2-6,11,16H,1H3. The zero-order chi connectivity index (χ0) is 11.7. The van der Waals surface area contributed by atoms with Crippen LogP contribution in [0.5, 0.6) is 0 Å². The number of aryl methyl sites for hydroxylation is 1. The Bertz CT molecular complexity index is 512. The van der Waals surface area contributed by atoms with Crippen LogP contribution in [-0.2, 0) is 7.05 Å². The van der Waals surface area contributed by atoms with Crippen LogP contribution >= 0.6 is 11.6 Å². The maximum absolute atomic E-state index is 13.0. The van der Waals surface area contributed by atoms with Crippen LogP contribution in [0.2, 0.25) is 5.02 Å². The van der Waals surface area contributed by atoms with Gasteiger partial charge in [0, 0.05) is 29.4 Å². The average Bonchev–Trinajstić information content (AvgIpc) is 2.67. The zero-order valence-corrected chi connectivity index (χ0v) is 9.32. The maximum Gasteiger partial charge on any atom is 0.123 e. The highest BCUT2D eigenvalue weighted by Gasteiger charge is 2.16. The van der Waals surface area contributed by atoms with Gasteiger partial charge in [0.15, 0.2) is 0 Å². The molecule has 0 aliphatic rings. The van der Waals surface area contributed by atoms with Gasteiger partial charge in [-0.05, 0) is 18.2 Å². The molecule has 0 amide bonds. The minimum Gasteiger partial charge on any atom is -0.383 e. The first-order valence-electron chi connectivity index (χ1n) is 4.69. The minimum absolute atomic E-state index is 0.331. The van der Waals surface area contributed by atoms with Gasteiger partial charge in [-0.2, -0.15) is 5.10 Å². The fourth-order valence-corrected chi connectivity index (χ4v) is 1.71. The van der Waals surface area contributed by atoms with Gasteiger partial charge in [0.1, 0.15) is 11.9 Å². The van der Waals surface area contributed by atoms with Crippen LogP contribution in [0.25, 0.3) is 0 Å². The molecular formula is C11H10ClFN2O. The highest BCUT2D eigenvalue weighted by molar-refractivity contribution is 6.31. The number of aliphatic hydroxyl groups excluding tert-OH is 1. The average molecular weight is 241 g/mol. The largest absolute Gasteiger partial charge is 0.383 e. The Morgan fingerprint density at radius 2 is 2.25 bits per heavy atom. The first kappa shape index (κ1) is 11.1. The molecule has 1 aromatic carbocycles. The molecule has 1 aromatic heterocycles. The Hall–Kier alpha value is -1.39. The lowest BCUT2D eigenvalue weighted by Crippen LogP contribution is -2.00. The SMILES string of the molecule is Cn1cc(C(O)c2cc(F)ccc2Cl)cn1. The summed E-state index contributed by atoms with van der Waals surface area (Å²) in [6.07, 6.45) is 2.22. The van der Waals surface area contributed by atoms with Crippen LogP contribution in [0.3, 0.4) is 0 Å². The zero-order valence-electron chi connectivity index (χ0n) is 8.56. The third kappa shape index (κ3) is 2.08. The maximum atomic E-state index is 13.0. The normalized spacial score (nSPS) is 12.8. The van der Waals surface area contributed by atoms with Crippen molar-refractivity contribution in [3.8, 4) is 0 Å². The number of benzene rings is 1. The van der Waals surface area contributed by atoms with Crippen LogP contribution in [0, 0.1) is 5.82 Å². The van der Waals surface area contributed by atoms with Crippen LogP contribution in [0.4, 0.5) is 4.39 Å². The van der Waals surface area contributed by atoms with Crippen molar-refractivity contribution in [2.24, 2.45) is 7.05 Å². The second-order valence-electron chi connectivity index (χ2n) is 3.52. The summed E-state index contributed by atoms with van der Waals surface area (Å²) in [6, 6.07) is 3.90. The van der Waals surface area contributed by atoms with Crippen molar-refractivity contribution in [1.82, 2.24) is 9.78 Å². The van der Waals surface area contributed by atoms with Crippen molar-refractivity contribution < 1.29 is 9.50 Å². The molecule has 2 rings (SSSR count).